The van der Waals surface area contributed by atoms with E-state index in [4.69, 9.17) is 9.47 Å². The van der Waals surface area contributed by atoms with Gasteiger partial charge in [-0.3, -0.25) is 4.79 Å². The van der Waals surface area contributed by atoms with Gasteiger partial charge in [-0.05, 0) is 49.1 Å². The molecule has 1 amide bonds. The summed E-state index contributed by atoms with van der Waals surface area (Å²) in [6, 6.07) is 12.6. The molecule has 0 aliphatic carbocycles. The lowest BCUT2D eigenvalue weighted by Crippen LogP contribution is -2.21. The lowest BCUT2D eigenvalue weighted by atomic mass is 9.98. The second kappa shape index (κ2) is 9.04. The summed E-state index contributed by atoms with van der Waals surface area (Å²) in [5.41, 5.74) is 3.32. The molecule has 1 N–H and O–H groups in total. The molecule has 2 rings (SSSR count). The van der Waals surface area contributed by atoms with Gasteiger partial charge in [0.1, 0.15) is 5.75 Å². The number of nitrogens with one attached hydrogen (secondary N) is 1. The Morgan fingerprint density at radius 2 is 1.85 bits per heavy atom. The molecule has 5 heteroatoms. The molecule has 5 nitrogen and oxygen atoms in total. The van der Waals surface area contributed by atoms with E-state index in [1.165, 1.54) is 0 Å². The molecule has 0 saturated carbocycles. The van der Waals surface area contributed by atoms with Crippen LogP contribution in [0.4, 0.5) is 5.69 Å². The third-order valence-corrected chi connectivity index (χ3v) is 3.91. The standard InChI is InChI=1S/C21H25NO4/c1-5-25-21(24)16-9-7-10-17(12-16)26-13-19(23)22-20-15(4)8-6-11-18(20)14(2)3/h6-12,14H,5,13H2,1-4H3,(H,22,23). The van der Waals surface area contributed by atoms with Gasteiger partial charge in [-0.25, -0.2) is 4.79 Å². The zero-order chi connectivity index (χ0) is 19.1. The minimum Gasteiger partial charge on any atom is -0.484 e. The summed E-state index contributed by atoms with van der Waals surface area (Å²) in [5.74, 6) is 0.0820. The average molecular weight is 355 g/mol. The zero-order valence-electron chi connectivity index (χ0n) is 15.7. The number of ether oxygens (including phenoxy) is 2. The van der Waals surface area contributed by atoms with Crippen LogP contribution in [0.1, 0.15) is 48.2 Å². The van der Waals surface area contributed by atoms with E-state index >= 15 is 0 Å². The van der Waals surface area contributed by atoms with Crippen LogP contribution in [0.25, 0.3) is 0 Å². The largest absolute Gasteiger partial charge is 0.484 e. The maximum Gasteiger partial charge on any atom is 0.338 e. The van der Waals surface area contributed by atoms with Gasteiger partial charge < -0.3 is 14.8 Å². The number of rotatable bonds is 7. The highest BCUT2D eigenvalue weighted by Crippen LogP contribution is 2.27. The first-order chi connectivity index (χ1) is 12.4. The van der Waals surface area contributed by atoms with Crippen molar-refractivity contribution < 1.29 is 19.1 Å². The van der Waals surface area contributed by atoms with Crippen LogP contribution in [0.5, 0.6) is 5.75 Å². The van der Waals surface area contributed by atoms with Gasteiger partial charge in [0.2, 0.25) is 0 Å². The fraction of sp³-hybridized carbons (Fsp3) is 0.333. The number of carbonyl (C=O) groups is 2. The number of esters is 1. The molecular weight excluding hydrogens is 330 g/mol. The molecule has 2 aromatic carbocycles. The first-order valence-electron chi connectivity index (χ1n) is 8.71. The number of para-hydroxylation sites is 1. The fourth-order valence-corrected chi connectivity index (χ4v) is 2.59. The summed E-state index contributed by atoms with van der Waals surface area (Å²) in [4.78, 5) is 24.1. The lowest BCUT2D eigenvalue weighted by molar-refractivity contribution is -0.118. The predicted octanol–water partition coefficient (Wildman–Crippen LogP) is 4.31. The van der Waals surface area contributed by atoms with Crippen molar-refractivity contribution in [1.82, 2.24) is 0 Å². The van der Waals surface area contributed by atoms with Gasteiger partial charge in [-0.1, -0.05) is 38.1 Å². The Morgan fingerprint density at radius 1 is 1.12 bits per heavy atom. The number of amides is 1. The molecule has 0 atom stereocenters. The SMILES string of the molecule is CCOC(=O)c1cccc(OCC(=O)Nc2c(C)cccc2C(C)C)c1. The van der Waals surface area contributed by atoms with Gasteiger partial charge in [-0.15, -0.1) is 0 Å². The van der Waals surface area contributed by atoms with Crippen LogP contribution in [0.3, 0.4) is 0 Å². The van der Waals surface area contributed by atoms with Crippen molar-refractivity contribution in [1.29, 1.82) is 0 Å². The Bertz CT molecular complexity index is 783. The Balaban J connectivity index is 2.02. The Kier molecular flexibility index (Phi) is 6.78. The minimum atomic E-state index is -0.413. The zero-order valence-corrected chi connectivity index (χ0v) is 15.7. The summed E-state index contributed by atoms with van der Waals surface area (Å²) in [5, 5.41) is 2.93. The van der Waals surface area contributed by atoms with Crippen LogP contribution in [0, 0.1) is 6.92 Å². The molecule has 0 heterocycles. The van der Waals surface area contributed by atoms with E-state index in [-0.39, 0.29) is 12.5 Å². The Hall–Kier alpha value is -2.82. The van der Waals surface area contributed by atoms with Gasteiger partial charge in [0.15, 0.2) is 6.61 Å². The Morgan fingerprint density at radius 3 is 2.54 bits per heavy atom. The second-order valence-electron chi connectivity index (χ2n) is 6.28. The van der Waals surface area contributed by atoms with Crippen molar-refractivity contribution in [3.63, 3.8) is 0 Å². The van der Waals surface area contributed by atoms with E-state index in [9.17, 15) is 9.59 Å². The van der Waals surface area contributed by atoms with Crippen LogP contribution in [0.2, 0.25) is 0 Å². The smallest absolute Gasteiger partial charge is 0.338 e. The van der Waals surface area contributed by atoms with E-state index in [0.29, 0.717) is 23.8 Å². The quantitative estimate of drug-likeness (QED) is 0.752. The van der Waals surface area contributed by atoms with E-state index in [1.54, 1.807) is 31.2 Å². The maximum absolute atomic E-state index is 12.3. The van der Waals surface area contributed by atoms with E-state index in [0.717, 1.165) is 16.8 Å². The van der Waals surface area contributed by atoms with Crippen LogP contribution >= 0.6 is 0 Å². The third-order valence-electron chi connectivity index (χ3n) is 3.91. The highest BCUT2D eigenvalue weighted by Gasteiger charge is 2.13. The number of benzene rings is 2. The molecule has 0 unspecified atom stereocenters. The molecule has 0 spiro atoms. The summed E-state index contributed by atoms with van der Waals surface area (Å²) in [6.07, 6.45) is 0. The molecule has 0 aliphatic rings. The fourth-order valence-electron chi connectivity index (χ4n) is 2.59. The Labute approximate surface area is 154 Å². The van der Waals surface area contributed by atoms with Crippen molar-refractivity contribution >= 4 is 17.6 Å². The van der Waals surface area contributed by atoms with Crippen LogP contribution in [-0.2, 0) is 9.53 Å². The molecular formula is C21H25NO4. The van der Waals surface area contributed by atoms with Crippen molar-refractivity contribution in [2.75, 3.05) is 18.5 Å². The number of carbonyl (C=O) groups excluding carboxylic acids is 2. The molecule has 0 saturated heterocycles. The van der Waals surface area contributed by atoms with Gasteiger partial charge in [0.05, 0.1) is 12.2 Å². The van der Waals surface area contributed by atoms with Crippen molar-refractivity contribution in [2.24, 2.45) is 0 Å². The van der Waals surface area contributed by atoms with E-state index in [2.05, 4.69) is 19.2 Å². The van der Waals surface area contributed by atoms with Crippen molar-refractivity contribution in [2.45, 2.75) is 33.6 Å². The summed E-state index contributed by atoms with van der Waals surface area (Å²) < 4.78 is 10.5. The van der Waals surface area contributed by atoms with E-state index in [1.807, 2.05) is 25.1 Å². The number of hydrogen-bond acceptors (Lipinski definition) is 4. The summed E-state index contributed by atoms with van der Waals surface area (Å²) in [7, 11) is 0. The highest BCUT2D eigenvalue weighted by molar-refractivity contribution is 5.93. The molecule has 26 heavy (non-hydrogen) atoms. The molecule has 0 aliphatic heterocycles. The first kappa shape index (κ1) is 19.5. The van der Waals surface area contributed by atoms with Crippen LogP contribution in [0.15, 0.2) is 42.5 Å². The van der Waals surface area contributed by atoms with Gasteiger partial charge in [-0.2, -0.15) is 0 Å². The third kappa shape index (κ3) is 5.09. The number of hydrogen-bond donors (Lipinski definition) is 1. The predicted molar refractivity (Wildman–Crippen MR) is 102 cm³/mol. The molecule has 0 fully saturated rings. The lowest BCUT2D eigenvalue weighted by Gasteiger charge is -2.16. The minimum absolute atomic E-state index is 0.141. The first-order valence-corrected chi connectivity index (χ1v) is 8.71. The second-order valence-corrected chi connectivity index (χ2v) is 6.28. The average Bonchev–Trinajstić information content (AvgIpc) is 2.62. The molecule has 2 aromatic rings. The number of aryl methyl sites for hydroxylation is 1. The van der Waals surface area contributed by atoms with Gasteiger partial charge in [0, 0.05) is 5.69 Å². The van der Waals surface area contributed by atoms with Gasteiger partial charge >= 0.3 is 5.97 Å². The monoisotopic (exact) mass is 355 g/mol. The molecule has 138 valence electrons. The number of anilines is 1. The van der Waals surface area contributed by atoms with Crippen molar-refractivity contribution in [3.8, 4) is 5.75 Å². The molecule has 0 aromatic heterocycles. The highest BCUT2D eigenvalue weighted by atomic mass is 16.5. The van der Waals surface area contributed by atoms with Gasteiger partial charge in [0.25, 0.3) is 5.91 Å². The summed E-state index contributed by atoms with van der Waals surface area (Å²) >= 11 is 0. The van der Waals surface area contributed by atoms with Crippen molar-refractivity contribution in [3.05, 3.63) is 59.2 Å². The topological polar surface area (TPSA) is 64.6 Å². The van der Waals surface area contributed by atoms with Crippen LogP contribution < -0.4 is 10.1 Å². The molecule has 0 radical (unpaired) electrons. The molecule has 0 bridgehead atoms. The van der Waals surface area contributed by atoms with Crippen LogP contribution in [-0.4, -0.2) is 25.1 Å². The summed E-state index contributed by atoms with van der Waals surface area (Å²) in [6.45, 7) is 8.05. The van der Waals surface area contributed by atoms with E-state index < -0.39 is 5.97 Å². The normalized spacial score (nSPS) is 10.5. The maximum atomic E-state index is 12.3.